The first-order chi connectivity index (χ1) is 5.92. The lowest BCUT2D eigenvalue weighted by molar-refractivity contribution is -0.140. The largest absolute Gasteiger partial charge is 0.274 e. The van der Waals surface area contributed by atoms with Gasteiger partial charge in [0.15, 0.2) is 0 Å². The van der Waals surface area contributed by atoms with Gasteiger partial charge in [-0.15, -0.1) is 0 Å². The maximum Gasteiger partial charge on any atom is 0.236 e. The summed E-state index contributed by atoms with van der Waals surface area (Å²) in [5.41, 5.74) is -0.659. The van der Waals surface area contributed by atoms with E-state index in [1.54, 1.807) is 20.8 Å². The van der Waals surface area contributed by atoms with Crippen LogP contribution in [0.1, 0.15) is 20.8 Å². The summed E-state index contributed by atoms with van der Waals surface area (Å²) in [4.78, 5) is 24.1. The predicted octanol–water partition coefficient (Wildman–Crippen LogP) is 0.541. The zero-order valence-corrected chi connectivity index (χ0v) is 8.00. The minimum absolute atomic E-state index is 0.133. The molecule has 13 heavy (non-hydrogen) atoms. The molecule has 0 saturated carbocycles. The molecule has 0 bridgehead atoms. The minimum Gasteiger partial charge on any atom is -0.274 e. The van der Waals surface area contributed by atoms with Gasteiger partial charge in [-0.25, -0.2) is 0 Å². The van der Waals surface area contributed by atoms with Crippen LogP contribution < -0.4 is 0 Å². The first kappa shape index (κ1) is 9.72. The average molecular weight is 180 g/mol. The molecule has 0 aromatic heterocycles. The van der Waals surface area contributed by atoms with E-state index >= 15 is 0 Å². The van der Waals surface area contributed by atoms with Gasteiger partial charge in [0.25, 0.3) is 0 Å². The third-order valence-electron chi connectivity index (χ3n) is 2.74. The standard InChI is InChI=1S/C9H12N2O2/c1-6-7(12)11(5-4-10)8(13)9(6,2)3/h6H,5H2,1-3H3. The van der Waals surface area contributed by atoms with E-state index in [9.17, 15) is 9.59 Å². The van der Waals surface area contributed by atoms with Gasteiger partial charge >= 0.3 is 0 Å². The van der Waals surface area contributed by atoms with Crippen LogP contribution in [0, 0.1) is 22.7 Å². The normalized spacial score (nSPS) is 26.3. The molecule has 1 saturated heterocycles. The number of nitriles is 1. The SMILES string of the molecule is CC1C(=O)N(CC#N)C(=O)C1(C)C. The Morgan fingerprint density at radius 1 is 1.54 bits per heavy atom. The summed E-state index contributed by atoms with van der Waals surface area (Å²) in [6.45, 7) is 5.05. The molecule has 1 heterocycles. The van der Waals surface area contributed by atoms with Crippen LogP contribution in [-0.4, -0.2) is 23.3 Å². The predicted molar refractivity (Wildman–Crippen MR) is 45.3 cm³/mol. The van der Waals surface area contributed by atoms with Crippen molar-refractivity contribution in [1.82, 2.24) is 4.90 Å². The average Bonchev–Trinajstić information content (AvgIpc) is 2.21. The number of carbonyl (C=O) groups excluding carboxylic acids is 2. The molecule has 0 aromatic carbocycles. The van der Waals surface area contributed by atoms with Crippen LogP contribution in [0.4, 0.5) is 0 Å². The lowest BCUT2D eigenvalue weighted by atomic mass is 9.82. The Bertz CT molecular complexity index is 301. The summed E-state index contributed by atoms with van der Waals surface area (Å²) in [7, 11) is 0. The third kappa shape index (κ3) is 1.21. The zero-order valence-electron chi connectivity index (χ0n) is 8.00. The highest BCUT2D eigenvalue weighted by molar-refractivity contribution is 6.06. The summed E-state index contributed by atoms with van der Waals surface area (Å²) >= 11 is 0. The Kier molecular flexibility index (Phi) is 2.12. The Labute approximate surface area is 77.1 Å². The van der Waals surface area contributed by atoms with Crippen molar-refractivity contribution in [3.8, 4) is 6.07 Å². The van der Waals surface area contributed by atoms with Crippen molar-refractivity contribution in [2.75, 3.05) is 6.54 Å². The topological polar surface area (TPSA) is 61.2 Å². The molecule has 0 spiro atoms. The highest BCUT2D eigenvalue weighted by Crippen LogP contribution is 2.36. The molecule has 1 aliphatic heterocycles. The van der Waals surface area contributed by atoms with Crippen LogP contribution in [0.3, 0.4) is 0 Å². The quantitative estimate of drug-likeness (QED) is 0.437. The van der Waals surface area contributed by atoms with E-state index in [1.807, 2.05) is 6.07 Å². The lowest BCUT2D eigenvalue weighted by Crippen LogP contribution is -2.33. The number of hydrogen-bond acceptors (Lipinski definition) is 3. The molecule has 1 atom stereocenters. The molecule has 4 nitrogen and oxygen atoms in total. The first-order valence-electron chi connectivity index (χ1n) is 4.15. The Balaban J connectivity index is 3.01. The molecule has 1 aliphatic rings. The van der Waals surface area contributed by atoms with E-state index in [2.05, 4.69) is 0 Å². The first-order valence-corrected chi connectivity index (χ1v) is 4.15. The molecule has 0 N–H and O–H groups in total. The summed E-state index contributed by atoms with van der Waals surface area (Å²) < 4.78 is 0. The van der Waals surface area contributed by atoms with E-state index in [4.69, 9.17) is 5.26 Å². The monoisotopic (exact) mass is 180 g/mol. The van der Waals surface area contributed by atoms with Crippen molar-refractivity contribution in [2.45, 2.75) is 20.8 Å². The Morgan fingerprint density at radius 2 is 2.08 bits per heavy atom. The summed E-state index contributed by atoms with van der Waals surface area (Å²) in [6, 6.07) is 1.81. The molecule has 1 unspecified atom stereocenters. The number of nitrogens with zero attached hydrogens (tertiary/aromatic N) is 2. The third-order valence-corrected chi connectivity index (χ3v) is 2.74. The van der Waals surface area contributed by atoms with Crippen LogP contribution in [0.5, 0.6) is 0 Å². The fraction of sp³-hybridized carbons (Fsp3) is 0.667. The van der Waals surface area contributed by atoms with Crippen molar-refractivity contribution in [2.24, 2.45) is 11.3 Å². The molecular weight excluding hydrogens is 168 g/mol. The van der Waals surface area contributed by atoms with Crippen molar-refractivity contribution in [3.63, 3.8) is 0 Å². The Morgan fingerprint density at radius 3 is 2.38 bits per heavy atom. The van der Waals surface area contributed by atoms with Crippen LogP contribution in [0.2, 0.25) is 0 Å². The summed E-state index contributed by atoms with van der Waals surface area (Å²) in [5.74, 6) is -0.809. The van der Waals surface area contributed by atoms with Gasteiger partial charge in [0.1, 0.15) is 6.54 Å². The fourth-order valence-corrected chi connectivity index (χ4v) is 1.40. The molecule has 0 aliphatic carbocycles. The number of likely N-dealkylation sites (tertiary alicyclic amines) is 1. The lowest BCUT2D eigenvalue weighted by Gasteiger charge is -2.17. The van der Waals surface area contributed by atoms with Gasteiger partial charge in [-0.3, -0.25) is 14.5 Å². The van der Waals surface area contributed by atoms with E-state index in [-0.39, 0.29) is 24.3 Å². The van der Waals surface area contributed by atoms with Crippen LogP contribution in [0.25, 0.3) is 0 Å². The van der Waals surface area contributed by atoms with Gasteiger partial charge in [0, 0.05) is 5.92 Å². The molecule has 1 fully saturated rings. The van der Waals surface area contributed by atoms with Crippen LogP contribution >= 0.6 is 0 Å². The van der Waals surface area contributed by atoms with Crippen molar-refractivity contribution >= 4 is 11.8 Å². The molecule has 4 heteroatoms. The maximum atomic E-state index is 11.6. The maximum absolute atomic E-state index is 11.6. The second kappa shape index (κ2) is 2.84. The smallest absolute Gasteiger partial charge is 0.236 e. The summed E-state index contributed by atoms with van der Waals surface area (Å²) in [5, 5.41) is 8.42. The number of amides is 2. The number of imide groups is 1. The minimum atomic E-state index is -0.659. The van der Waals surface area contributed by atoms with E-state index in [0.29, 0.717) is 0 Å². The van der Waals surface area contributed by atoms with Gasteiger partial charge in [0.05, 0.1) is 11.5 Å². The van der Waals surface area contributed by atoms with Gasteiger partial charge in [-0.1, -0.05) is 20.8 Å². The van der Waals surface area contributed by atoms with Crippen molar-refractivity contribution in [3.05, 3.63) is 0 Å². The van der Waals surface area contributed by atoms with E-state index in [0.717, 1.165) is 4.90 Å². The van der Waals surface area contributed by atoms with Gasteiger partial charge in [-0.05, 0) is 0 Å². The zero-order chi connectivity index (χ0) is 10.2. The van der Waals surface area contributed by atoms with Crippen molar-refractivity contribution < 1.29 is 9.59 Å². The summed E-state index contributed by atoms with van der Waals surface area (Å²) in [6.07, 6.45) is 0. The number of rotatable bonds is 1. The Hall–Kier alpha value is -1.37. The highest BCUT2D eigenvalue weighted by atomic mass is 16.2. The molecule has 1 rings (SSSR count). The van der Waals surface area contributed by atoms with Gasteiger partial charge in [-0.2, -0.15) is 5.26 Å². The van der Waals surface area contributed by atoms with Crippen LogP contribution in [0.15, 0.2) is 0 Å². The van der Waals surface area contributed by atoms with Crippen LogP contribution in [-0.2, 0) is 9.59 Å². The van der Waals surface area contributed by atoms with Gasteiger partial charge in [0.2, 0.25) is 11.8 Å². The highest BCUT2D eigenvalue weighted by Gasteiger charge is 2.50. The van der Waals surface area contributed by atoms with Gasteiger partial charge < -0.3 is 0 Å². The van der Waals surface area contributed by atoms with Crippen molar-refractivity contribution in [1.29, 1.82) is 5.26 Å². The molecular formula is C9H12N2O2. The second-order valence-corrected chi connectivity index (χ2v) is 3.83. The molecule has 70 valence electrons. The molecule has 0 radical (unpaired) electrons. The molecule has 0 aromatic rings. The number of hydrogen-bond donors (Lipinski definition) is 0. The second-order valence-electron chi connectivity index (χ2n) is 3.83. The molecule has 2 amide bonds. The fourth-order valence-electron chi connectivity index (χ4n) is 1.40. The number of carbonyl (C=O) groups is 2. The van der Waals surface area contributed by atoms with E-state index < -0.39 is 5.41 Å². The van der Waals surface area contributed by atoms with E-state index in [1.165, 1.54) is 0 Å².